The highest BCUT2D eigenvalue weighted by molar-refractivity contribution is 5.93. The summed E-state index contributed by atoms with van der Waals surface area (Å²) in [7, 11) is 0. The Balaban J connectivity index is 1.53. The van der Waals surface area contributed by atoms with Gasteiger partial charge in [0.15, 0.2) is 11.5 Å². The Hall–Kier alpha value is -2.74. The zero-order valence-corrected chi connectivity index (χ0v) is 13.9. The maximum atomic E-state index is 12.3. The van der Waals surface area contributed by atoms with E-state index in [1.165, 1.54) is 0 Å². The summed E-state index contributed by atoms with van der Waals surface area (Å²) in [5.74, 6) is -0.605. The standard InChI is InChI=1S/C17H20N4O4/c1-2-21(10-16(22)23)13-7-12(8-13)19-17(24)14-9-15(25-20-14)11-3-5-18-6-4-11/h3-6,9,12-13H,2,7-8,10H2,1H3,(H,19,24)(H,22,23). The van der Waals surface area contributed by atoms with Crippen LogP contribution < -0.4 is 5.32 Å². The van der Waals surface area contributed by atoms with Crippen LogP contribution in [0, 0.1) is 0 Å². The third-order valence-corrected chi connectivity index (χ3v) is 4.42. The largest absolute Gasteiger partial charge is 0.480 e. The van der Waals surface area contributed by atoms with Crippen molar-refractivity contribution in [1.29, 1.82) is 0 Å². The minimum atomic E-state index is -0.833. The summed E-state index contributed by atoms with van der Waals surface area (Å²) in [6.45, 7) is 2.64. The fourth-order valence-electron chi connectivity index (χ4n) is 2.97. The van der Waals surface area contributed by atoms with Gasteiger partial charge in [0.25, 0.3) is 5.91 Å². The van der Waals surface area contributed by atoms with Crippen molar-refractivity contribution in [3.05, 3.63) is 36.3 Å². The molecule has 0 aromatic carbocycles. The van der Waals surface area contributed by atoms with E-state index in [2.05, 4.69) is 15.5 Å². The summed E-state index contributed by atoms with van der Waals surface area (Å²) in [6.07, 6.45) is 4.76. The molecule has 8 heteroatoms. The number of nitrogens with one attached hydrogen (secondary N) is 1. The van der Waals surface area contributed by atoms with E-state index in [0.717, 1.165) is 18.4 Å². The molecular weight excluding hydrogens is 324 g/mol. The highest BCUT2D eigenvalue weighted by atomic mass is 16.5. The minimum Gasteiger partial charge on any atom is -0.480 e. The van der Waals surface area contributed by atoms with E-state index in [1.54, 1.807) is 30.6 Å². The van der Waals surface area contributed by atoms with Gasteiger partial charge in [-0.2, -0.15) is 0 Å². The first-order valence-corrected chi connectivity index (χ1v) is 8.20. The van der Waals surface area contributed by atoms with Crippen molar-refractivity contribution in [2.24, 2.45) is 0 Å². The molecule has 2 aromatic rings. The quantitative estimate of drug-likeness (QED) is 0.781. The van der Waals surface area contributed by atoms with Gasteiger partial charge in [0.2, 0.25) is 0 Å². The van der Waals surface area contributed by atoms with E-state index < -0.39 is 5.97 Å². The number of amides is 1. The molecule has 8 nitrogen and oxygen atoms in total. The third kappa shape index (κ3) is 4.03. The van der Waals surface area contributed by atoms with Crippen LogP contribution in [-0.2, 0) is 4.79 Å². The summed E-state index contributed by atoms with van der Waals surface area (Å²) in [6, 6.07) is 5.38. The number of nitrogens with zero attached hydrogens (tertiary/aromatic N) is 3. The summed E-state index contributed by atoms with van der Waals surface area (Å²) in [4.78, 5) is 28.9. The Bertz CT molecular complexity index is 740. The maximum absolute atomic E-state index is 12.3. The van der Waals surface area contributed by atoms with Crippen molar-refractivity contribution in [2.75, 3.05) is 13.1 Å². The lowest BCUT2D eigenvalue weighted by molar-refractivity contribution is -0.139. The summed E-state index contributed by atoms with van der Waals surface area (Å²) in [5.41, 5.74) is 1.03. The lowest BCUT2D eigenvalue weighted by atomic mass is 9.85. The molecule has 1 amide bonds. The predicted octanol–water partition coefficient (Wildman–Crippen LogP) is 1.40. The van der Waals surface area contributed by atoms with Gasteiger partial charge in [0.05, 0.1) is 6.54 Å². The van der Waals surface area contributed by atoms with Crippen molar-refractivity contribution in [1.82, 2.24) is 20.4 Å². The average molecular weight is 344 g/mol. The van der Waals surface area contributed by atoms with Gasteiger partial charge >= 0.3 is 5.97 Å². The molecule has 0 saturated heterocycles. The second kappa shape index (κ2) is 7.43. The van der Waals surface area contributed by atoms with Gasteiger partial charge in [-0.15, -0.1) is 0 Å². The van der Waals surface area contributed by atoms with Crippen molar-refractivity contribution < 1.29 is 19.2 Å². The monoisotopic (exact) mass is 344 g/mol. The van der Waals surface area contributed by atoms with Crippen LogP contribution in [0.2, 0.25) is 0 Å². The summed E-state index contributed by atoms with van der Waals surface area (Å²) in [5, 5.41) is 15.6. The molecule has 1 fully saturated rings. The molecule has 0 unspecified atom stereocenters. The first-order chi connectivity index (χ1) is 12.1. The van der Waals surface area contributed by atoms with Crippen LogP contribution in [-0.4, -0.2) is 57.2 Å². The number of hydrogen-bond acceptors (Lipinski definition) is 6. The molecule has 2 heterocycles. The van der Waals surface area contributed by atoms with Gasteiger partial charge in [-0.25, -0.2) is 0 Å². The Morgan fingerprint density at radius 3 is 2.72 bits per heavy atom. The Labute approximate surface area is 144 Å². The van der Waals surface area contributed by atoms with E-state index in [1.807, 2.05) is 11.8 Å². The Morgan fingerprint density at radius 2 is 2.08 bits per heavy atom. The number of aromatic nitrogens is 2. The first-order valence-electron chi connectivity index (χ1n) is 8.20. The van der Waals surface area contributed by atoms with Gasteiger partial charge in [0.1, 0.15) is 0 Å². The van der Waals surface area contributed by atoms with Crippen LogP contribution in [0.3, 0.4) is 0 Å². The van der Waals surface area contributed by atoms with Crippen LogP contribution in [0.5, 0.6) is 0 Å². The number of carboxylic acids is 1. The van der Waals surface area contributed by atoms with E-state index >= 15 is 0 Å². The summed E-state index contributed by atoms with van der Waals surface area (Å²) >= 11 is 0. The third-order valence-electron chi connectivity index (χ3n) is 4.42. The normalized spacial score (nSPS) is 19.4. The van der Waals surface area contributed by atoms with Crippen LogP contribution in [0.15, 0.2) is 35.1 Å². The van der Waals surface area contributed by atoms with Crippen molar-refractivity contribution >= 4 is 11.9 Å². The SMILES string of the molecule is CCN(CC(=O)O)C1CC(NC(=O)c2cc(-c3ccncc3)on2)C1. The lowest BCUT2D eigenvalue weighted by Gasteiger charge is -2.42. The Kier molecular flexibility index (Phi) is 5.08. The van der Waals surface area contributed by atoms with Crippen LogP contribution in [0.4, 0.5) is 0 Å². The van der Waals surface area contributed by atoms with E-state index in [0.29, 0.717) is 12.3 Å². The van der Waals surface area contributed by atoms with Gasteiger partial charge < -0.3 is 14.9 Å². The molecular formula is C17H20N4O4. The number of rotatable bonds is 7. The zero-order valence-electron chi connectivity index (χ0n) is 13.9. The lowest BCUT2D eigenvalue weighted by Crippen LogP contribution is -2.54. The maximum Gasteiger partial charge on any atom is 0.317 e. The van der Waals surface area contributed by atoms with Crippen LogP contribution >= 0.6 is 0 Å². The molecule has 0 spiro atoms. The van der Waals surface area contributed by atoms with Gasteiger partial charge in [-0.05, 0) is 31.5 Å². The van der Waals surface area contributed by atoms with Crippen molar-refractivity contribution in [2.45, 2.75) is 31.8 Å². The molecule has 132 valence electrons. The van der Waals surface area contributed by atoms with Crippen LogP contribution in [0.1, 0.15) is 30.3 Å². The second-order valence-electron chi connectivity index (χ2n) is 6.06. The molecule has 2 N–H and O–H groups in total. The molecule has 0 aliphatic heterocycles. The smallest absolute Gasteiger partial charge is 0.317 e. The number of carbonyl (C=O) groups excluding carboxylic acids is 1. The number of hydrogen-bond donors (Lipinski definition) is 2. The molecule has 1 saturated carbocycles. The first kappa shape index (κ1) is 17.1. The Morgan fingerprint density at radius 1 is 1.36 bits per heavy atom. The average Bonchev–Trinajstić information content (AvgIpc) is 3.06. The zero-order chi connectivity index (χ0) is 17.8. The van der Waals surface area contributed by atoms with Crippen LogP contribution in [0.25, 0.3) is 11.3 Å². The highest BCUT2D eigenvalue weighted by Crippen LogP contribution is 2.26. The fraction of sp³-hybridized carbons (Fsp3) is 0.412. The van der Waals surface area contributed by atoms with E-state index in [4.69, 9.17) is 9.63 Å². The van der Waals surface area contributed by atoms with Gasteiger partial charge in [-0.3, -0.25) is 19.5 Å². The predicted molar refractivity (Wildman–Crippen MR) is 88.9 cm³/mol. The number of likely N-dealkylation sites (N-methyl/N-ethyl adjacent to an activating group) is 1. The van der Waals surface area contributed by atoms with Crippen molar-refractivity contribution in [3.63, 3.8) is 0 Å². The molecule has 1 aliphatic carbocycles. The molecule has 0 atom stereocenters. The number of carbonyl (C=O) groups is 2. The van der Waals surface area contributed by atoms with E-state index in [9.17, 15) is 9.59 Å². The summed E-state index contributed by atoms with van der Waals surface area (Å²) < 4.78 is 5.21. The van der Waals surface area contributed by atoms with E-state index in [-0.39, 0.29) is 30.2 Å². The molecule has 0 bridgehead atoms. The number of pyridine rings is 1. The number of carboxylic acid groups (broad SMARTS) is 1. The molecule has 25 heavy (non-hydrogen) atoms. The molecule has 3 rings (SSSR count). The number of aliphatic carboxylic acids is 1. The second-order valence-corrected chi connectivity index (χ2v) is 6.06. The topological polar surface area (TPSA) is 109 Å². The molecule has 0 radical (unpaired) electrons. The fourth-order valence-corrected chi connectivity index (χ4v) is 2.97. The molecule has 1 aliphatic rings. The van der Waals surface area contributed by atoms with Crippen molar-refractivity contribution in [3.8, 4) is 11.3 Å². The molecule has 2 aromatic heterocycles. The highest BCUT2D eigenvalue weighted by Gasteiger charge is 2.35. The van der Waals surface area contributed by atoms with Gasteiger partial charge in [0, 0.05) is 36.1 Å². The minimum absolute atomic E-state index is 0.0282. The van der Waals surface area contributed by atoms with Gasteiger partial charge in [-0.1, -0.05) is 12.1 Å².